The third-order valence-electron chi connectivity index (χ3n) is 4.88. The van der Waals surface area contributed by atoms with E-state index in [1.165, 1.54) is 10.5 Å². The van der Waals surface area contributed by atoms with Gasteiger partial charge in [0.2, 0.25) is 0 Å². The number of carbonyl (C=O) groups excluding carboxylic acids is 2. The highest BCUT2D eigenvalue weighted by Gasteiger charge is 2.33. The molecule has 0 aliphatic carbocycles. The maximum Gasteiger partial charge on any atom is 0.329 e. The fraction of sp³-hybridized carbons (Fsp3) is 0.120. The third-order valence-corrected chi connectivity index (χ3v) is 4.88. The lowest BCUT2D eigenvalue weighted by Crippen LogP contribution is -2.30. The molecule has 4 rings (SSSR count). The van der Waals surface area contributed by atoms with E-state index >= 15 is 0 Å². The van der Waals surface area contributed by atoms with Gasteiger partial charge in [0.1, 0.15) is 18.1 Å². The Morgan fingerprint density at radius 2 is 1.57 bits per heavy atom. The second-order valence-corrected chi connectivity index (χ2v) is 7.18. The molecule has 1 aliphatic rings. The minimum Gasteiger partial charge on any atom is -0.488 e. The number of benzene rings is 3. The number of carbonyl (C=O) groups is 2. The summed E-state index contributed by atoms with van der Waals surface area (Å²) < 4.78 is 5.98. The largest absolute Gasteiger partial charge is 0.488 e. The average molecular weight is 398 g/mol. The summed E-state index contributed by atoms with van der Waals surface area (Å²) in [5.74, 6) is 0.298. The minimum atomic E-state index is -0.423. The van der Waals surface area contributed by atoms with Gasteiger partial charge in [0.05, 0.1) is 6.54 Å². The molecule has 3 aromatic rings. The third kappa shape index (κ3) is 4.41. The van der Waals surface area contributed by atoms with Gasteiger partial charge in [0.25, 0.3) is 5.91 Å². The lowest BCUT2D eigenvalue weighted by Gasteiger charge is -2.11. The summed E-state index contributed by atoms with van der Waals surface area (Å²) in [6.45, 7) is 2.69. The van der Waals surface area contributed by atoms with Gasteiger partial charge in [0.15, 0.2) is 0 Å². The Balaban J connectivity index is 1.51. The zero-order valence-corrected chi connectivity index (χ0v) is 16.7. The van der Waals surface area contributed by atoms with Gasteiger partial charge in [-0.3, -0.25) is 9.69 Å². The SMILES string of the molecule is Cc1ccc(COc2ccccc2/C=C2/NC(=O)N(Cc3ccccc3)C2=O)cc1. The maximum atomic E-state index is 12.8. The summed E-state index contributed by atoms with van der Waals surface area (Å²) >= 11 is 0. The van der Waals surface area contributed by atoms with E-state index in [4.69, 9.17) is 4.74 Å². The van der Waals surface area contributed by atoms with Crippen LogP contribution in [0.2, 0.25) is 0 Å². The highest BCUT2D eigenvalue weighted by atomic mass is 16.5. The summed E-state index contributed by atoms with van der Waals surface area (Å²) in [5.41, 5.74) is 4.11. The first-order chi connectivity index (χ1) is 14.6. The molecule has 0 bridgehead atoms. The van der Waals surface area contributed by atoms with Gasteiger partial charge in [-0.15, -0.1) is 0 Å². The number of urea groups is 1. The monoisotopic (exact) mass is 398 g/mol. The first kappa shape index (κ1) is 19.5. The summed E-state index contributed by atoms with van der Waals surface area (Å²) in [6.07, 6.45) is 1.66. The second-order valence-electron chi connectivity index (χ2n) is 7.18. The molecule has 5 nitrogen and oxygen atoms in total. The Kier molecular flexibility index (Phi) is 5.61. The van der Waals surface area contributed by atoms with E-state index in [1.54, 1.807) is 6.08 Å². The standard InChI is InChI=1S/C25H22N2O3/c1-18-11-13-20(14-12-18)17-30-23-10-6-5-9-21(23)15-22-24(28)27(25(29)26-22)16-19-7-3-2-4-8-19/h2-15H,16-17H2,1H3,(H,26,29)/b22-15+. The second kappa shape index (κ2) is 8.66. The van der Waals surface area contributed by atoms with Crippen molar-refractivity contribution in [3.05, 3.63) is 107 Å². The quantitative estimate of drug-likeness (QED) is 0.485. The van der Waals surface area contributed by atoms with E-state index < -0.39 is 6.03 Å². The van der Waals surface area contributed by atoms with E-state index in [0.717, 1.165) is 16.7 Å². The average Bonchev–Trinajstić information content (AvgIpc) is 3.02. The van der Waals surface area contributed by atoms with Gasteiger partial charge in [-0.25, -0.2) is 4.79 Å². The molecule has 150 valence electrons. The van der Waals surface area contributed by atoms with E-state index in [0.29, 0.717) is 12.4 Å². The summed E-state index contributed by atoms with van der Waals surface area (Å²) in [7, 11) is 0. The van der Waals surface area contributed by atoms with Gasteiger partial charge >= 0.3 is 6.03 Å². The van der Waals surface area contributed by atoms with Crippen molar-refractivity contribution >= 4 is 18.0 Å². The summed E-state index contributed by atoms with van der Waals surface area (Å²) in [5, 5.41) is 2.67. The Morgan fingerprint density at radius 3 is 2.33 bits per heavy atom. The summed E-state index contributed by atoms with van der Waals surface area (Å²) in [6, 6.07) is 24.6. The Bertz CT molecular complexity index is 1090. The van der Waals surface area contributed by atoms with Crippen LogP contribution in [0, 0.1) is 6.92 Å². The van der Waals surface area contributed by atoms with Crippen molar-refractivity contribution in [3.63, 3.8) is 0 Å². The smallest absolute Gasteiger partial charge is 0.329 e. The van der Waals surface area contributed by atoms with Crippen LogP contribution < -0.4 is 10.1 Å². The normalized spacial score (nSPS) is 14.8. The number of hydrogen-bond donors (Lipinski definition) is 1. The highest BCUT2D eigenvalue weighted by Crippen LogP contribution is 2.24. The van der Waals surface area contributed by atoms with Gasteiger partial charge in [-0.05, 0) is 30.2 Å². The Labute approximate surface area is 175 Å². The Morgan fingerprint density at radius 1 is 0.867 bits per heavy atom. The number of amides is 3. The summed E-state index contributed by atoms with van der Waals surface area (Å²) in [4.78, 5) is 26.3. The van der Waals surface area contributed by atoms with Gasteiger partial charge in [-0.1, -0.05) is 78.4 Å². The number of aryl methyl sites for hydroxylation is 1. The van der Waals surface area contributed by atoms with Crippen LogP contribution in [-0.4, -0.2) is 16.8 Å². The molecule has 1 aliphatic heterocycles. The van der Waals surface area contributed by atoms with Gasteiger partial charge < -0.3 is 10.1 Å². The number of para-hydroxylation sites is 1. The van der Waals surface area contributed by atoms with E-state index in [-0.39, 0.29) is 18.1 Å². The fourth-order valence-electron chi connectivity index (χ4n) is 3.21. The minimum absolute atomic E-state index is 0.231. The van der Waals surface area contributed by atoms with Crippen LogP contribution in [0.1, 0.15) is 22.3 Å². The predicted molar refractivity (Wildman–Crippen MR) is 115 cm³/mol. The van der Waals surface area contributed by atoms with Crippen molar-refractivity contribution in [3.8, 4) is 5.75 Å². The molecule has 1 fully saturated rings. The number of ether oxygens (including phenoxy) is 1. The number of imide groups is 1. The number of rotatable bonds is 6. The van der Waals surface area contributed by atoms with E-state index in [9.17, 15) is 9.59 Å². The molecule has 0 aromatic heterocycles. The first-order valence-electron chi connectivity index (χ1n) is 9.76. The predicted octanol–water partition coefficient (Wildman–Crippen LogP) is 4.67. The van der Waals surface area contributed by atoms with Crippen LogP contribution in [-0.2, 0) is 17.9 Å². The van der Waals surface area contributed by atoms with E-state index in [1.807, 2.05) is 85.8 Å². The van der Waals surface area contributed by atoms with Gasteiger partial charge in [-0.2, -0.15) is 0 Å². The van der Waals surface area contributed by atoms with Gasteiger partial charge in [0, 0.05) is 5.56 Å². The molecule has 1 N–H and O–H groups in total. The molecule has 0 spiro atoms. The number of nitrogens with zero attached hydrogens (tertiary/aromatic N) is 1. The van der Waals surface area contributed by atoms with Crippen LogP contribution in [0.5, 0.6) is 5.75 Å². The van der Waals surface area contributed by atoms with E-state index in [2.05, 4.69) is 5.32 Å². The van der Waals surface area contributed by atoms with Crippen molar-refractivity contribution in [1.29, 1.82) is 0 Å². The lowest BCUT2D eigenvalue weighted by atomic mass is 10.1. The molecule has 1 heterocycles. The van der Waals surface area contributed by atoms with Crippen LogP contribution in [0.4, 0.5) is 4.79 Å². The van der Waals surface area contributed by atoms with Crippen LogP contribution >= 0.6 is 0 Å². The molecular formula is C25H22N2O3. The molecule has 0 unspecified atom stereocenters. The fourth-order valence-corrected chi connectivity index (χ4v) is 3.21. The molecule has 5 heteroatoms. The van der Waals surface area contributed by atoms with Crippen molar-refractivity contribution in [2.45, 2.75) is 20.1 Å². The van der Waals surface area contributed by atoms with Crippen molar-refractivity contribution in [1.82, 2.24) is 10.2 Å². The number of hydrogen-bond acceptors (Lipinski definition) is 3. The molecule has 1 saturated heterocycles. The zero-order chi connectivity index (χ0) is 20.9. The van der Waals surface area contributed by atoms with Crippen molar-refractivity contribution < 1.29 is 14.3 Å². The Hall–Kier alpha value is -3.86. The molecule has 0 radical (unpaired) electrons. The molecule has 0 atom stereocenters. The van der Waals surface area contributed by atoms with Crippen molar-refractivity contribution in [2.24, 2.45) is 0 Å². The van der Waals surface area contributed by atoms with Crippen LogP contribution in [0.15, 0.2) is 84.6 Å². The highest BCUT2D eigenvalue weighted by molar-refractivity contribution is 6.14. The number of nitrogens with one attached hydrogen (secondary N) is 1. The molecule has 30 heavy (non-hydrogen) atoms. The zero-order valence-electron chi connectivity index (χ0n) is 16.7. The van der Waals surface area contributed by atoms with Crippen molar-refractivity contribution in [2.75, 3.05) is 0 Å². The molecule has 3 amide bonds. The molecular weight excluding hydrogens is 376 g/mol. The first-order valence-corrected chi connectivity index (χ1v) is 9.76. The molecule has 0 saturated carbocycles. The maximum absolute atomic E-state index is 12.8. The van der Waals surface area contributed by atoms with Crippen LogP contribution in [0.25, 0.3) is 6.08 Å². The topological polar surface area (TPSA) is 58.6 Å². The lowest BCUT2D eigenvalue weighted by molar-refractivity contribution is -0.123. The van der Waals surface area contributed by atoms with Crippen LogP contribution in [0.3, 0.4) is 0 Å². The molecule has 3 aromatic carbocycles.